The van der Waals surface area contributed by atoms with Crippen LogP contribution in [0, 0.1) is 0 Å². The number of hydrogen-bond acceptors (Lipinski definition) is 5. The number of hydroxylamine groups is 2. The van der Waals surface area contributed by atoms with Crippen LogP contribution in [0.15, 0.2) is 30.5 Å². The van der Waals surface area contributed by atoms with Crippen LogP contribution in [-0.4, -0.2) is 32.6 Å². The van der Waals surface area contributed by atoms with E-state index in [0.29, 0.717) is 23.1 Å². The number of rotatable bonds is 5. The van der Waals surface area contributed by atoms with Gasteiger partial charge in [-0.05, 0) is 31.4 Å². The Kier molecular flexibility index (Phi) is 3.63. The second-order valence-corrected chi connectivity index (χ2v) is 6.27. The Morgan fingerprint density at radius 2 is 1.84 bits per heavy atom. The normalized spacial score (nSPS) is 16.3. The summed E-state index contributed by atoms with van der Waals surface area (Å²) in [4.78, 5) is 42.4. The van der Waals surface area contributed by atoms with Crippen molar-refractivity contribution in [2.45, 2.75) is 38.6 Å². The SMILES string of the molecule is CCCn1ncc(C(=O)ON2C(=O)c3ccccc3C2=O)c1C1CC1. The fourth-order valence-corrected chi connectivity index (χ4v) is 3.11. The minimum Gasteiger partial charge on any atom is -0.324 e. The Hall–Kier alpha value is -2.96. The maximum atomic E-state index is 12.6. The van der Waals surface area contributed by atoms with Gasteiger partial charge in [-0.25, -0.2) is 4.79 Å². The number of amides is 2. The van der Waals surface area contributed by atoms with Gasteiger partial charge in [-0.3, -0.25) is 14.3 Å². The van der Waals surface area contributed by atoms with Crippen LogP contribution in [0.25, 0.3) is 0 Å². The fourth-order valence-electron chi connectivity index (χ4n) is 3.11. The lowest BCUT2D eigenvalue weighted by Crippen LogP contribution is -2.32. The molecule has 0 bridgehead atoms. The number of benzene rings is 1. The molecule has 0 spiro atoms. The Bertz CT molecular complexity index is 847. The van der Waals surface area contributed by atoms with Crippen LogP contribution in [0.4, 0.5) is 0 Å². The highest BCUT2D eigenvalue weighted by Gasteiger charge is 2.40. The van der Waals surface area contributed by atoms with Crippen LogP contribution in [0.1, 0.15) is 68.9 Å². The average molecular weight is 339 g/mol. The van der Waals surface area contributed by atoms with E-state index in [2.05, 4.69) is 5.10 Å². The first-order valence-corrected chi connectivity index (χ1v) is 8.37. The summed E-state index contributed by atoms with van der Waals surface area (Å²) in [5.41, 5.74) is 1.64. The summed E-state index contributed by atoms with van der Waals surface area (Å²) in [6.45, 7) is 2.75. The molecule has 1 aromatic heterocycles. The standard InChI is InChI=1S/C18H17N3O4/c1-2-9-20-15(11-7-8-11)14(10-19-20)18(24)25-21-16(22)12-5-3-4-6-13(12)17(21)23/h3-6,10-11H,2,7-9H2,1H3. The zero-order valence-corrected chi connectivity index (χ0v) is 13.8. The first kappa shape index (κ1) is 15.6. The van der Waals surface area contributed by atoms with E-state index < -0.39 is 17.8 Å². The highest BCUT2D eigenvalue weighted by molar-refractivity contribution is 6.21. The van der Waals surface area contributed by atoms with E-state index in [9.17, 15) is 14.4 Å². The van der Waals surface area contributed by atoms with E-state index in [1.165, 1.54) is 18.3 Å². The van der Waals surface area contributed by atoms with Crippen molar-refractivity contribution in [2.24, 2.45) is 0 Å². The summed E-state index contributed by atoms with van der Waals surface area (Å²) in [6.07, 6.45) is 4.36. The molecule has 1 aliphatic carbocycles. The van der Waals surface area contributed by atoms with Crippen molar-refractivity contribution in [3.63, 3.8) is 0 Å². The minimum atomic E-state index is -0.723. The van der Waals surface area contributed by atoms with E-state index in [4.69, 9.17) is 4.84 Å². The summed E-state index contributed by atoms with van der Waals surface area (Å²) in [7, 11) is 0. The molecule has 2 aromatic rings. The van der Waals surface area contributed by atoms with E-state index in [1.54, 1.807) is 12.1 Å². The van der Waals surface area contributed by atoms with Crippen molar-refractivity contribution in [2.75, 3.05) is 0 Å². The number of carbonyl (C=O) groups is 3. The quantitative estimate of drug-likeness (QED) is 0.782. The molecule has 1 aliphatic heterocycles. The molecule has 1 saturated carbocycles. The highest BCUT2D eigenvalue weighted by atomic mass is 16.7. The van der Waals surface area contributed by atoms with Gasteiger partial charge in [-0.2, -0.15) is 5.10 Å². The topological polar surface area (TPSA) is 81.5 Å². The number of fused-ring (bicyclic) bond motifs is 1. The van der Waals surface area contributed by atoms with Gasteiger partial charge in [0.1, 0.15) is 5.56 Å². The third kappa shape index (κ3) is 2.52. The second-order valence-electron chi connectivity index (χ2n) is 6.27. The second kappa shape index (κ2) is 5.84. The monoisotopic (exact) mass is 339 g/mol. The van der Waals surface area contributed by atoms with Crippen molar-refractivity contribution in [3.05, 3.63) is 52.8 Å². The fraction of sp³-hybridized carbons (Fsp3) is 0.333. The summed E-state index contributed by atoms with van der Waals surface area (Å²) in [5, 5.41) is 4.81. The zero-order valence-electron chi connectivity index (χ0n) is 13.8. The Morgan fingerprint density at radius 3 is 2.40 bits per heavy atom. The maximum Gasteiger partial charge on any atom is 0.367 e. The summed E-state index contributed by atoms with van der Waals surface area (Å²) < 4.78 is 1.82. The van der Waals surface area contributed by atoms with Crippen molar-refractivity contribution >= 4 is 17.8 Å². The molecule has 0 N–H and O–H groups in total. The first-order chi connectivity index (χ1) is 12.1. The van der Waals surface area contributed by atoms with Gasteiger partial charge >= 0.3 is 5.97 Å². The summed E-state index contributed by atoms with van der Waals surface area (Å²) >= 11 is 0. The Labute approximate surface area is 144 Å². The molecular weight excluding hydrogens is 322 g/mol. The number of nitrogens with zero attached hydrogens (tertiary/aromatic N) is 3. The molecule has 2 amide bonds. The number of imide groups is 1. The van der Waals surface area contributed by atoms with Crippen LogP contribution >= 0.6 is 0 Å². The van der Waals surface area contributed by atoms with Gasteiger partial charge in [0.25, 0.3) is 11.8 Å². The van der Waals surface area contributed by atoms with Crippen molar-refractivity contribution < 1.29 is 19.2 Å². The van der Waals surface area contributed by atoms with Crippen LogP contribution in [0.5, 0.6) is 0 Å². The molecule has 0 radical (unpaired) electrons. The van der Waals surface area contributed by atoms with Gasteiger partial charge in [0.05, 0.1) is 23.0 Å². The largest absolute Gasteiger partial charge is 0.367 e. The van der Waals surface area contributed by atoms with Crippen molar-refractivity contribution in [1.29, 1.82) is 0 Å². The maximum absolute atomic E-state index is 12.6. The summed E-state index contributed by atoms with van der Waals surface area (Å²) in [6, 6.07) is 6.40. The molecule has 25 heavy (non-hydrogen) atoms. The molecule has 128 valence electrons. The molecule has 7 nitrogen and oxygen atoms in total. The van der Waals surface area contributed by atoms with E-state index in [0.717, 1.165) is 25.0 Å². The Morgan fingerprint density at radius 1 is 1.20 bits per heavy atom. The predicted octanol–water partition coefficient (Wildman–Crippen LogP) is 2.54. The number of aryl methyl sites for hydroxylation is 1. The molecule has 0 atom stereocenters. The Balaban J connectivity index is 1.60. The van der Waals surface area contributed by atoms with Gasteiger partial charge in [-0.1, -0.05) is 24.1 Å². The third-order valence-corrected chi connectivity index (χ3v) is 4.43. The van der Waals surface area contributed by atoms with Crippen LogP contribution in [0.2, 0.25) is 0 Å². The highest BCUT2D eigenvalue weighted by Crippen LogP contribution is 2.42. The number of carbonyl (C=O) groups excluding carboxylic acids is 3. The minimum absolute atomic E-state index is 0.240. The van der Waals surface area contributed by atoms with Gasteiger partial charge in [0.15, 0.2) is 0 Å². The van der Waals surface area contributed by atoms with Gasteiger partial charge in [0, 0.05) is 12.5 Å². The van der Waals surface area contributed by atoms with E-state index in [1.807, 2.05) is 11.6 Å². The van der Waals surface area contributed by atoms with E-state index in [-0.39, 0.29) is 11.1 Å². The van der Waals surface area contributed by atoms with Crippen molar-refractivity contribution in [3.8, 4) is 0 Å². The average Bonchev–Trinajstić information content (AvgIpc) is 3.33. The van der Waals surface area contributed by atoms with Crippen LogP contribution < -0.4 is 0 Å². The lowest BCUT2D eigenvalue weighted by atomic mass is 10.1. The zero-order chi connectivity index (χ0) is 17.6. The van der Waals surface area contributed by atoms with E-state index >= 15 is 0 Å². The molecule has 4 rings (SSSR count). The predicted molar refractivity (Wildman–Crippen MR) is 86.9 cm³/mol. The summed E-state index contributed by atoms with van der Waals surface area (Å²) in [5.74, 6) is -1.68. The molecule has 2 heterocycles. The lowest BCUT2D eigenvalue weighted by Gasteiger charge is -2.13. The molecule has 2 aliphatic rings. The molecule has 1 fully saturated rings. The van der Waals surface area contributed by atoms with Gasteiger partial charge in [-0.15, -0.1) is 0 Å². The van der Waals surface area contributed by atoms with Crippen molar-refractivity contribution in [1.82, 2.24) is 14.8 Å². The molecule has 7 heteroatoms. The van der Waals surface area contributed by atoms with Gasteiger partial charge in [0.2, 0.25) is 0 Å². The molecule has 0 saturated heterocycles. The molecule has 0 unspecified atom stereocenters. The van der Waals surface area contributed by atoms with Crippen LogP contribution in [-0.2, 0) is 11.4 Å². The first-order valence-electron chi connectivity index (χ1n) is 8.37. The van der Waals surface area contributed by atoms with Gasteiger partial charge < -0.3 is 4.84 Å². The third-order valence-electron chi connectivity index (χ3n) is 4.43. The number of aromatic nitrogens is 2. The lowest BCUT2D eigenvalue weighted by molar-refractivity contribution is -0.0585. The molecular formula is C18H17N3O4. The smallest absolute Gasteiger partial charge is 0.324 e. The number of hydrogen-bond donors (Lipinski definition) is 0. The molecule has 1 aromatic carbocycles. The van der Waals surface area contributed by atoms with Crippen LogP contribution in [0.3, 0.4) is 0 Å².